The molecule has 0 bridgehead atoms. The molecule has 1 rings (SSSR count). The average molecular weight is 238 g/mol. The third kappa shape index (κ3) is 3.70. The van der Waals surface area contributed by atoms with Crippen LogP contribution < -0.4 is 0 Å². The fourth-order valence-electron chi connectivity index (χ4n) is 1.93. The Hall–Kier alpha value is -0.720. The molecule has 0 aromatic heterocycles. The number of benzene rings is 1. The van der Waals surface area contributed by atoms with Gasteiger partial charge in [0.2, 0.25) is 0 Å². The number of hydrogen-bond acceptors (Lipinski definition) is 1. The molecular formula is C13H21NOP. The quantitative estimate of drug-likeness (QED) is 0.721. The summed E-state index contributed by atoms with van der Waals surface area (Å²) >= 11 is 0. The minimum atomic E-state index is -1.32. The fourth-order valence-corrected chi connectivity index (χ4v) is 3.65. The van der Waals surface area contributed by atoms with Gasteiger partial charge in [-0.05, 0) is 33.3 Å². The number of rotatable bonds is 5. The maximum atomic E-state index is 12.3. The highest BCUT2D eigenvalue weighted by Crippen LogP contribution is 2.35. The standard InChI is InChI=1S/C13H21NOP/c1-11(2)14(12(3)4)16(15)10-13-8-6-5-7-9-13/h5-9,11-12H,10H2,1-4H3. The third-order valence-corrected chi connectivity index (χ3v) is 4.55. The van der Waals surface area contributed by atoms with E-state index in [-0.39, 0.29) is 0 Å². The predicted octanol–water partition coefficient (Wildman–Crippen LogP) is 4.05. The molecule has 1 aromatic carbocycles. The van der Waals surface area contributed by atoms with Crippen molar-refractivity contribution in [2.24, 2.45) is 0 Å². The molecule has 1 atom stereocenters. The van der Waals surface area contributed by atoms with Crippen LogP contribution in [0.2, 0.25) is 0 Å². The van der Waals surface area contributed by atoms with E-state index in [1.54, 1.807) is 0 Å². The Morgan fingerprint density at radius 2 is 1.56 bits per heavy atom. The first-order valence-corrected chi connectivity index (χ1v) is 7.19. The van der Waals surface area contributed by atoms with Crippen molar-refractivity contribution in [3.05, 3.63) is 35.9 Å². The van der Waals surface area contributed by atoms with Crippen molar-refractivity contribution < 1.29 is 4.57 Å². The molecule has 16 heavy (non-hydrogen) atoms. The zero-order chi connectivity index (χ0) is 12.1. The van der Waals surface area contributed by atoms with Gasteiger partial charge in [0.25, 0.3) is 0 Å². The van der Waals surface area contributed by atoms with Gasteiger partial charge >= 0.3 is 0 Å². The normalized spacial score (nSPS) is 12.6. The lowest BCUT2D eigenvalue weighted by Crippen LogP contribution is -2.30. The largest absolute Gasteiger partial charge is 0.269 e. The lowest BCUT2D eigenvalue weighted by Gasteiger charge is -2.28. The van der Waals surface area contributed by atoms with Gasteiger partial charge in [0.05, 0.1) is 6.16 Å². The van der Waals surface area contributed by atoms with Crippen LogP contribution in [0.25, 0.3) is 0 Å². The van der Waals surface area contributed by atoms with Crippen molar-refractivity contribution in [3.8, 4) is 0 Å². The van der Waals surface area contributed by atoms with E-state index >= 15 is 0 Å². The number of hydrogen-bond donors (Lipinski definition) is 0. The second kappa shape index (κ2) is 6.12. The van der Waals surface area contributed by atoms with Crippen LogP contribution in [0.3, 0.4) is 0 Å². The lowest BCUT2D eigenvalue weighted by molar-refractivity contribution is 0.308. The Bertz CT molecular complexity index is 327. The summed E-state index contributed by atoms with van der Waals surface area (Å²) in [6.45, 7) is 8.38. The Labute approximate surface area is 99.5 Å². The van der Waals surface area contributed by atoms with Crippen molar-refractivity contribution in [3.63, 3.8) is 0 Å². The molecule has 1 unspecified atom stereocenters. The molecule has 0 aliphatic heterocycles. The van der Waals surface area contributed by atoms with Crippen molar-refractivity contribution in [2.75, 3.05) is 0 Å². The smallest absolute Gasteiger partial charge is 0.153 e. The van der Waals surface area contributed by atoms with Gasteiger partial charge in [-0.25, -0.2) is 4.67 Å². The first kappa shape index (κ1) is 13.3. The Morgan fingerprint density at radius 3 is 2.00 bits per heavy atom. The van der Waals surface area contributed by atoms with Gasteiger partial charge in [0.15, 0.2) is 7.95 Å². The second-order valence-electron chi connectivity index (χ2n) is 4.56. The predicted molar refractivity (Wildman–Crippen MR) is 69.9 cm³/mol. The van der Waals surface area contributed by atoms with Crippen LogP contribution in [-0.2, 0) is 10.7 Å². The molecule has 0 N–H and O–H groups in total. The zero-order valence-electron chi connectivity index (χ0n) is 10.6. The molecule has 0 amide bonds. The third-order valence-electron chi connectivity index (χ3n) is 2.48. The summed E-state index contributed by atoms with van der Waals surface area (Å²) in [7, 11) is -1.32. The molecule has 2 nitrogen and oxygen atoms in total. The van der Waals surface area contributed by atoms with Crippen LogP contribution >= 0.6 is 7.95 Å². The molecule has 0 aliphatic carbocycles. The highest BCUT2D eigenvalue weighted by Gasteiger charge is 2.20. The summed E-state index contributed by atoms with van der Waals surface area (Å²) in [4.78, 5) is 0. The van der Waals surface area contributed by atoms with Gasteiger partial charge < -0.3 is 0 Å². The number of nitrogens with zero attached hydrogens (tertiary/aromatic N) is 1. The highest BCUT2D eigenvalue weighted by atomic mass is 31.1. The van der Waals surface area contributed by atoms with E-state index in [4.69, 9.17) is 0 Å². The minimum absolute atomic E-state index is 0.326. The van der Waals surface area contributed by atoms with E-state index in [9.17, 15) is 4.57 Å². The van der Waals surface area contributed by atoms with Crippen LogP contribution in [0.1, 0.15) is 33.3 Å². The van der Waals surface area contributed by atoms with Gasteiger partial charge in [-0.1, -0.05) is 30.3 Å². The van der Waals surface area contributed by atoms with Crippen LogP contribution in [0, 0.1) is 0 Å². The van der Waals surface area contributed by atoms with E-state index in [2.05, 4.69) is 32.4 Å². The minimum Gasteiger partial charge on any atom is -0.269 e. The molecule has 0 aliphatic rings. The zero-order valence-corrected chi connectivity index (χ0v) is 11.4. The van der Waals surface area contributed by atoms with Crippen molar-refractivity contribution in [2.45, 2.75) is 45.9 Å². The molecule has 0 heterocycles. The van der Waals surface area contributed by atoms with Crippen LogP contribution in [-0.4, -0.2) is 16.8 Å². The molecule has 3 heteroatoms. The summed E-state index contributed by atoms with van der Waals surface area (Å²) in [6, 6.07) is 10.7. The maximum Gasteiger partial charge on any atom is 0.153 e. The van der Waals surface area contributed by atoms with E-state index in [1.165, 1.54) is 0 Å². The molecule has 89 valence electrons. The first-order chi connectivity index (χ1) is 7.52. The molecule has 0 spiro atoms. The molecule has 0 saturated heterocycles. The molecular weight excluding hydrogens is 217 g/mol. The molecule has 0 fully saturated rings. The Morgan fingerprint density at radius 1 is 1.06 bits per heavy atom. The Balaban J connectivity index is 2.70. The van der Waals surface area contributed by atoms with E-state index in [0.29, 0.717) is 18.2 Å². The first-order valence-electron chi connectivity index (χ1n) is 5.79. The fraction of sp³-hybridized carbons (Fsp3) is 0.538. The van der Waals surface area contributed by atoms with E-state index in [1.807, 2.05) is 30.3 Å². The van der Waals surface area contributed by atoms with Crippen LogP contribution in [0.4, 0.5) is 0 Å². The van der Waals surface area contributed by atoms with Gasteiger partial charge in [-0.3, -0.25) is 4.57 Å². The van der Waals surface area contributed by atoms with Crippen LogP contribution in [0.15, 0.2) is 30.3 Å². The topological polar surface area (TPSA) is 20.3 Å². The maximum absolute atomic E-state index is 12.3. The summed E-state index contributed by atoms with van der Waals surface area (Å²) < 4.78 is 14.4. The summed E-state index contributed by atoms with van der Waals surface area (Å²) in [6.07, 6.45) is 0.645. The van der Waals surface area contributed by atoms with E-state index in [0.717, 1.165) is 5.56 Å². The molecule has 1 aromatic rings. The summed E-state index contributed by atoms with van der Waals surface area (Å²) in [5.74, 6) is 0. The van der Waals surface area contributed by atoms with E-state index < -0.39 is 7.95 Å². The van der Waals surface area contributed by atoms with Crippen LogP contribution in [0.5, 0.6) is 0 Å². The summed E-state index contributed by atoms with van der Waals surface area (Å²) in [5.41, 5.74) is 1.15. The van der Waals surface area contributed by atoms with Crippen molar-refractivity contribution in [1.82, 2.24) is 4.67 Å². The SMILES string of the molecule is CC(C)N(C(C)C)[P](=O)Cc1ccccc1. The monoisotopic (exact) mass is 238 g/mol. The van der Waals surface area contributed by atoms with Gasteiger partial charge in [0.1, 0.15) is 0 Å². The second-order valence-corrected chi connectivity index (χ2v) is 6.05. The van der Waals surface area contributed by atoms with Gasteiger partial charge in [-0.15, -0.1) is 0 Å². The summed E-state index contributed by atoms with van der Waals surface area (Å²) in [5, 5.41) is 0. The highest BCUT2D eigenvalue weighted by molar-refractivity contribution is 7.41. The van der Waals surface area contributed by atoms with Gasteiger partial charge in [-0.2, -0.15) is 0 Å². The van der Waals surface area contributed by atoms with Crippen molar-refractivity contribution >= 4 is 7.95 Å². The molecule has 0 saturated carbocycles. The Kier molecular flexibility index (Phi) is 5.11. The average Bonchev–Trinajstić information content (AvgIpc) is 2.17. The van der Waals surface area contributed by atoms with Gasteiger partial charge in [0, 0.05) is 12.1 Å². The molecule has 1 radical (unpaired) electrons. The lowest BCUT2D eigenvalue weighted by atomic mass is 10.2. The van der Waals surface area contributed by atoms with Crippen molar-refractivity contribution in [1.29, 1.82) is 0 Å².